The van der Waals surface area contributed by atoms with E-state index in [9.17, 15) is 8.42 Å². The van der Waals surface area contributed by atoms with Crippen LogP contribution in [0.2, 0.25) is 0 Å². The molecule has 2 aliphatic rings. The van der Waals surface area contributed by atoms with Gasteiger partial charge in [-0.3, -0.25) is 0 Å². The lowest BCUT2D eigenvalue weighted by Gasteiger charge is -2.32. The predicted molar refractivity (Wildman–Crippen MR) is 89.5 cm³/mol. The Morgan fingerprint density at radius 2 is 1.88 bits per heavy atom. The summed E-state index contributed by atoms with van der Waals surface area (Å²) in [5.74, 6) is 0.790. The number of ether oxygens (including phenoxy) is 2. The molecule has 0 saturated carbocycles. The van der Waals surface area contributed by atoms with Gasteiger partial charge in [-0.05, 0) is 29.3 Å². The van der Waals surface area contributed by atoms with Gasteiger partial charge in [0, 0.05) is 19.5 Å². The average Bonchev–Trinajstić information content (AvgIpc) is 3.10. The van der Waals surface area contributed by atoms with Gasteiger partial charge in [-0.25, -0.2) is 8.42 Å². The van der Waals surface area contributed by atoms with E-state index in [1.807, 2.05) is 30.3 Å². The molecule has 2 aromatic carbocycles. The van der Waals surface area contributed by atoms with Crippen LogP contribution in [0.25, 0.3) is 0 Å². The van der Waals surface area contributed by atoms with Crippen LogP contribution in [0.3, 0.4) is 0 Å². The average molecular weight is 345 g/mol. The molecule has 0 spiro atoms. The number of benzene rings is 2. The lowest BCUT2D eigenvalue weighted by Crippen LogP contribution is -2.42. The summed E-state index contributed by atoms with van der Waals surface area (Å²) in [5.41, 5.74) is 1.96. The van der Waals surface area contributed by atoms with E-state index in [-0.39, 0.29) is 6.10 Å². The molecule has 6 heteroatoms. The van der Waals surface area contributed by atoms with Gasteiger partial charge in [0.25, 0.3) is 0 Å². The number of morpholine rings is 1. The number of sulfonamides is 1. The minimum Gasteiger partial charge on any atom is -0.493 e. The molecule has 0 unspecified atom stereocenters. The highest BCUT2D eigenvalue weighted by Crippen LogP contribution is 2.31. The summed E-state index contributed by atoms with van der Waals surface area (Å²) in [4.78, 5) is 0.334. The molecule has 5 nitrogen and oxygen atoms in total. The maximum atomic E-state index is 13.0. The molecule has 2 aliphatic heterocycles. The molecule has 0 bridgehead atoms. The van der Waals surface area contributed by atoms with E-state index < -0.39 is 10.0 Å². The molecule has 0 amide bonds. The molecule has 4 rings (SSSR count). The van der Waals surface area contributed by atoms with Crippen LogP contribution in [0.4, 0.5) is 0 Å². The molecule has 0 aromatic heterocycles. The predicted octanol–water partition coefficient (Wildman–Crippen LogP) is 2.38. The third kappa shape index (κ3) is 2.81. The van der Waals surface area contributed by atoms with Crippen LogP contribution in [0.5, 0.6) is 5.75 Å². The van der Waals surface area contributed by atoms with E-state index in [1.54, 1.807) is 18.2 Å². The zero-order chi connectivity index (χ0) is 16.6. The van der Waals surface area contributed by atoms with Gasteiger partial charge < -0.3 is 9.47 Å². The molecule has 24 heavy (non-hydrogen) atoms. The summed E-state index contributed by atoms with van der Waals surface area (Å²) >= 11 is 0. The number of hydrogen-bond donors (Lipinski definition) is 0. The molecule has 2 heterocycles. The minimum absolute atomic E-state index is 0.229. The van der Waals surface area contributed by atoms with Crippen molar-refractivity contribution in [2.45, 2.75) is 17.4 Å². The molecular formula is C18H19NO4S. The first-order chi connectivity index (χ1) is 11.6. The van der Waals surface area contributed by atoms with Gasteiger partial charge in [-0.15, -0.1) is 0 Å². The SMILES string of the molecule is O=S(=O)(c1ccc2c(c1)CCO2)N1CCO[C@@H](c2ccccc2)C1. The smallest absolute Gasteiger partial charge is 0.243 e. The second-order valence-corrected chi connectivity index (χ2v) is 7.94. The lowest BCUT2D eigenvalue weighted by molar-refractivity contribution is -0.00255. The maximum Gasteiger partial charge on any atom is 0.243 e. The van der Waals surface area contributed by atoms with Gasteiger partial charge in [0.2, 0.25) is 10.0 Å². The van der Waals surface area contributed by atoms with E-state index >= 15 is 0 Å². The molecule has 126 valence electrons. The van der Waals surface area contributed by atoms with Crippen molar-refractivity contribution in [2.75, 3.05) is 26.3 Å². The summed E-state index contributed by atoms with van der Waals surface area (Å²) in [6.45, 7) is 1.72. The van der Waals surface area contributed by atoms with E-state index in [1.165, 1.54) is 4.31 Å². The van der Waals surface area contributed by atoms with Crippen molar-refractivity contribution in [1.29, 1.82) is 0 Å². The third-order valence-electron chi connectivity index (χ3n) is 4.50. The topological polar surface area (TPSA) is 55.8 Å². The molecule has 1 fully saturated rings. The van der Waals surface area contributed by atoms with E-state index in [0.29, 0.717) is 31.2 Å². The van der Waals surface area contributed by atoms with Gasteiger partial charge in [0.05, 0.1) is 24.2 Å². The van der Waals surface area contributed by atoms with Crippen LogP contribution >= 0.6 is 0 Å². The van der Waals surface area contributed by atoms with Crippen LogP contribution in [-0.2, 0) is 21.2 Å². The van der Waals surface area contributed by atoms with E-state index in [2.05, 4.69) is 0 Å². The Morgan fingerprint density at radius 1 is 1.04 bits per heavy atom. The van der Waals surface area contributed by atoms with Crippen molar-refractivity contribution < 1.29 is 17.9 Å². The summed E-state index contributed by atoms with van der Waals surface area (Å²) in [5, 5.41) is 0. The monoisotopic (exact) mass is 345 g/mol. The Morgan fingerprint density at radius 3 is 2.71 bits per heavy atom. The first-order valence-electron chi connectivity index (χ1n) is 8.07. The summed E-state index contributed by atoms with van der Waals surface area (Å²) in [7, 11) is -3.53. The lowest BCUT2D eigenvalue weighted by atomic mass is 10.1. The highest BCUT2D eigenvalue weighted by Gasteiger charge is 2.32. The Labute approximate surface area is 141 Å². The summed E-state index contributed by atoms with van der Waals surface area (Å²) in [6, 6.07) is 14.9. The maximum absolute atomic E-state index is 13.0. The highest BCUT2D eigenvalue weighted by molar-refractivity contribution is 7.89. The highest BCUT2D eigenvalue weighted by atomic mass is 32.2. The van der Waals surface area contributed by atoms with Crippen LogP contribution in [0.15, 0.2) is 53.4 Å². The fourth-order valence-electron chi connectivity index (χ4n) is 3.19. The standard InChI is InChI=1S/C18H19NO4S/c20-24(21,16-6-7-17-15(12-16)8-10-22-17)19-9-11-23-18(13-19)14-4-2-1-3-5-14/h1-7,12,18H,8-11,13H2/t18-/m1/s1. The first-order valence-corrected chi connectivity index (χ1v) is 9.51. The second kappa shape index (κ2) is 6.20. The first kappa shape index (κ1) is 15.6. The number of fused-ring (bicyclic) bond motifs is 1. The van der Waals surface area contributed by atoms with Crippen LogP contribution in [-0.4, -0.2) is 39.0 Å². The van der Waals surface area contributed by atoms with Crippen molar-refractivity contribution in [2.24, 2.45) is 0 Å². The fraction of sp³-hybridized carbons (Fsp3) is 0.333. The van der Waals surface area contributed by atoms with Gasteiger partial charge in [0.15, 0.2) is 0 Å². The van der Waals surface area contributed by atoms with Crippen LogP contribution in [0.1, 0.15) is 17.2 Å². The van der Waals surface area contributed by atoms with E-state index in [0.717, 1.165) is 23.3 Å². The van der Waals surface area contributed by atoms with Gasteiger partial charge in [0.1, 0.15) is 5.75 Å². The fourth-order valence-corrected chi connectivity index (χ4v) is 4.66. The van der Waals surface area contributed by atoms with E-state index in [4.69, 9.17) is 9.47 Å². The quantitative estimate of drug-likeness (QED) is 0.857. The van der Waals surface area contributed by atoms with Gasteiger partial charge in [-0.1, -0.05) is 30.3 Å². The normalized spacial score (nSPS) is 21.2. The molecule has 0 N–H and O–H groups in total. The van der Waals surface area contributed by atoms with Crippen molar-refractivity contribution in [1.82, 2.24) is 4.31 Å². The van der Waals surface area contributed by atoms with Gasteiger partial charge >= 0.3 is 0 Å². The molecule has 0 radical (unpaired) electrons. The second-order valence-electron chi connectivity index (χ2n) is 6.00. The zero-order valence-electron chi connectivity index (χ0n) is 13.2. The molecular weight excluding hydrogens is 326 g/mol. The number of hydrogen-bond acceptors (Lipinski definition) is 4. The summed E-state index contributed by atoms with van der Waals surface area (Å²) < 4.78 is 38.7. The van der Waals surface area contributed by atoms with Crippen molar-refractivity contribution in [3.63, 3.8) is 0 Å². The summed E-state index contributed by atoms with van der Waals surface area (Å²) in [6.07, 6.45) is 0.529. The van der Waals surface area contributed by atoms with Crippen LogP contribution in [0, 0.1) is 0 Å². The zero-order valence-corrected chi connectivity index (χ0v) is 14.0. The number of nitrogens with zero attached hydrogens (tertiary/aromatic N) is 1. The van der Waals surface area contributed by atoms with Crippen molar-refractivity contribution >= 4 is 10.0 Å². The molecule has 1 saturated heterocycles. The Kier molecular flexibility index (Phi) is 4.04. The minimum atomic E-state index is -3.53. The number of rotatable bonds is 3. The van der Waals surface area contributed by atoms with Crippen molar-refractivity contribution in [3.8, 4) is 5.75 Å². The van der Waals surface area contributed by atoms with Crippen LogP contribution < -0.4 is 4.74 Å². The Bertz CT molecular complexity index is 835. The molecule has 1 atom stereocenters. The van der Waals surface area contributed by atoms with Gasteiger partial charge in [-0.2, -0.15) is 4.31 Å². The molecule has 2 aromatic rings. The Balaban J connectivity index is 1.60. The molecule has 0 aliphatic carbocycles. The third-order valence-corrected chi connectivity index (χ3v) is 6.36. The largest absolute Gasteiger partial charge is 0.493 e. The Hall–Kier alpha value is -1.89. The van der Waals surface area contributed by atoms with Crippen molar-refractivity contribution in [3.05, 3.63) is 59.7 Å².